The van der Waals surface area contributed by atoms with E-state index < -0.39 is 0 Å². The third-order valence-corrected chi connectivity index (χ3v) is 25.6. The minimum Gasteiger partial charge on any atom is -0.493 e. The molecule has 4 aromatic heterocycles. The van der Waals surface area contributed by atoms with Crippen LogP contribution in [0.3, 0.4) is 0 Å². The normalized spacial score (nSPS) is 13.9. The highest BCUT2D eigenvalue weighted by atomic mass is 16.5. The van der Waals surface area contributed by atoms with Gasteiger partial charge in [-0.3, -0.25) is 43.0 Å². The average Bonchev–Trinajstić information content (AvgIpc) is 1.62. The number of unbranched alkanes of at least 4 members (excludes halogenated alkanes) is 3. The summed E-state index contributed by atoms with van der Waals surface area (Å²) in [4.78, 5) is 123. The van der Waals surface area contributed by atoms with Crippen molar-refractivity contribution in [3.8, 4) is 11.6 Å². The van der Waals surface area contributed by atoms with Crippen LogP contribution in [0.15, 0.2) is 294 Å². The van der Waals surface area contributed by atoms with Gasteiger partial charge in [0.1, 0.15) is 22.3 Å². The summed E-state index contributed by atoms with van der Waals surface area (Å²) in [7, 11) is 3.10. The largest absolute Gasteiger partial charge is 0.493 e. The van der Waals surface area contributed by atoms with E-state index in [-0.39, 0.29) is 108 Å². The number of hydrogen-bond acceptors (Lipinski definition) is 15. The number of aromatic hydroxyl groups is 1. The van der Waals surface area contributed by atoms with Crippen LogP contribution in [0.25, 0.3) is 57.4 Å². The fourth-order valence-corrected chi connectivity index (χ4v) is 18.1. The minimum atomic E-state index is -0.366. The molecule has 1 N–H and O–H groups in total. The van der Waals surface area contributed by atoms with Gasteiger partial charge in [-0.15, -0.1) is 0 Å². The lowest BCUT2D eigenvalue weighted by Gasteiger charge is -2.27. The fourth-order valence-electron chi connectivity index (χ4n) is 18.1. The number of ether oxygens (including phenoxy) is 4. The maximum Gasteiger partial charge on any atom is 0.338 e. The molecule has 0 radical (unpaired) electrons. The van der Waals surface area contributed by atoms with Gasteiger partial charge in [-0.25, -0.2) is 44.5 Å². The molecule has 26 heteroatoms. The quantitative estimate of drug-likeness (QED) is 0.0214. The number of amides is 6. The molecule has 142 heavy (non-hydrogen) atoms. The van der Waals surface area contributed by atoms with Crippen molar-refractivity contribution in [2.75, 3.05) is 53.7 Å². The molecule has 4 aliphatic rings. The number of fused-ring (bicyclic) bond motifs is 3. The first-order chi connectivity index (χ1) is 69.1. The molecule has 0 aliphatic carbocycles. The SMILES string of the molecule is CCCCC(CC)Cn1cc(C=C2C(=O)N(Cc3ccccc3)N(Cc3ccccc3)C2=O)c2ccccc21.CCCCn1c(O)c(C=C2C(c3ccccc3)=Nc3ccccc32)c(=O)n1CCCC.CCOC(=O)CCn1cc(C=C2C(=O)N(Cc3ccccc3)N(Cc3ccccc3)C2=O)c2ccccc21.CCOC(=O)c1ccc(-n2c(C)cc(C=C3C(=O)N(CCOC)N(CCOC)C3=O)c2C)cc1. The Hall–Kier alpha value is -15.5. The first-order valence-corrected chi connectivity index (χ1v) is 49.1. The van der Waals surface area contributed by atoms with Gasteiger partial charge in [0.25, 0.3) is 41.0 Å². The van der Waals surface area contributed by atoms with E-state index in [1.54, 1.807) is 77.8 Å². The number of para-hydroxylation sites is 3. The molecule has 13 aromatic rings. The monoisotopic (exact) mass is 1910 g/mol. The van der Waals surface area contributed by atoms with Crippen LogP contribution in [-0.2, 0) is 105 Å². The summed E-state index contributed by atoms with van der Waals surface area (Å²) < 4.78 is 30.0. The van der Waals surface area contributed by atoms with Crippen molar-refractivity contribution in [3.05, 3.63) is 367 Å². The average molecular weight is 1910 g/mol. The van der Waals surface area contributed by atoms with Crippen LogP contribution in [0.4, 0.5) is 5.69 Å². The van der Waals surface area contributed by atoms with E-state index in [9.17, 15) is 48.3 Å². The predicted molar refractivity (Wildman–Crippen MR) is 556 cm³/mol. The molecule has 6 amide bonds. The predicted octanol–water partition coefficient (Wildman–Crippen LogP) is 20.4. The summed E-state index contributed by atoms with van der Waals surface area (Å²) >= 11 is 0. The number of aromatic nitrogens is 5. The highest BCUT2D eigenvalue weighted by Gasteiger charge is 2.44. The Morgan fingerprint density at radius 1 is 0.423 bits per heavy atom. The second-order valence-corrected chi connectivity index (χ2v) is 35.3. The first-order valence-electron chi connectivity index (χ1n) is 49.1. The number of nitrogens with zero attached hydrogens (tertiary/aromatic N) is 12. The molecule has 9 aromatic carbocycles. The molecule has 734 valence electrons. The molecule has 17 rings (SSSR count). The number of hydrogen-bond donors (Lipinski definition) is 1. The maximum atomic E-state index is 13.8. The van der Waals surface area contributed by atoms with E-state index in [4.69, 9.17) is 23.9 Å². The van der Waals surface area contributed by atoms with E-state index in [1.807, 2.05) is 260 Å². The van der Waals surface area contributed by atoms with Crippen molar-refractivity contribution >= 4 is 110 Å². The standard InChI is InChI=1S/C34H37N3O2.C31H29N3O4.C26H29N3O2.C25H31N3O6/c1-3-5-14-26(4-2)22-35-25-29(30-19-12-13-20-32(30)35)21-31-33(38)36(23-27-15-8-6-9-16-27)37(34(31)39)24-28-17-10-7-11-18-28;1-2-38-29(35)17-18-32-22-25(26-15-9-10-16-28(26)32)19-27-30(36)33(20-23-11-5-3-6-12-23)34(31(27)37)21-24-13-7-4-8-14-24;1-3-5-16-28-25(30)22(26(31)29(28)17-6-4-2)18-21-20-14-10-11-15-23(20)27-24(21)19-12-8-7-9-13-19;1-6-34-25(31)19-7-9-21(10-8-19)28-17(2)15-20(18(28)3)16-22-23(29)26(11-13-32-4)27(24(22)30)12-14-33-5/h6-13,15-21,25-26H,3-5,14,22-24H2,1-2H3;3-16,19,22H,2,17-18,20-21H2,1H3;7-15,18,30H,3-6,16-17H2,1-2H3;7-10,15-16H,6,11-14H2,1-5H3. The molecule has 3 fully saturated rings. The number of carbonyl (C=O) groups excluding carboxylic acids is 8. The molecule has 3 saturated heterocycles. The van der Waals surface area contributed by atoms with E-state index in [0.717, 1.165) is 145 Å². The van der Waals surface area contributed by atoms with Crippen LogP contribution in [0.1, 0.15) is 177 Å². The van der Waals surface area contributed by atoms with Crippen molar-refractivity contribution in [1.82, 2.24) is 53.1 Å². The third-order valence-electron chi connectivity index (χ3n) is 25.6. The van der Waals surface area contributed by atoms with Gasteiger partial charge in [-0.2, -0.15) is 0 Å². The van der Waals surface area contributed by atoms with Gasteiger partial charge in [-0.1, -0.05) is 266 Å². The summed E-state index contributed by atoms with van der Waals surface area (Å²) in [6.07, 6.45) is 19.7. The third kappa shape index (κ3) is 24.1. The van der Waals surface area contributed by atoms with Crippen LogP contribution in [-0.4, -0.2) is 165 Å². The van der Waals surface area contributed by atoms with E-state index in [0.29, 0.717) is 76.2 Å². The number of aliphatic imine (C=N–C) groups is 1. The molecule has 8 heterocycles. The summed E-state index contributed by atoms with van der Waals surface area (Å²) in [6, 6.07) is 81.9. The van der Waals surface area contributed by atoms with Crippen molar-refractivity contribution in [3.63, 3.8) is 0 Å². The van der Waals surface area contributed by atoms with Gasteiger partial charge in [-0.05, 0) is 154 Å². The van der Waals surface area contributed by atoms with Gasteiger partial charge in [0, 0.05) is 120 Å². The highest BCUT2D eigenvalue weighted by Crippen LogP contribution is 2.40. The lowest BCUT2D eigenvalue weighted by atomic mass is 9.96. The topological polar surface area (TPSA) is 267 Å². The maximum absolute atomic E-state index is 13.8. The summed E-state index contributed by atoms with van der Waals surface area (Å²) in [6.45, 7) is 21.8. The lowest BCUT2D eigenvalue weighted by Crippen LogP contribution is -2.44. The summed E-state index contributed by atoms with van der Waals surface area (Å²) in [5.41, 5.74) is 16.6. The molecule has 0 spiro atoms. The number of rotatable bonds is 38. The van der Waals surface area contributed by atoms with Crippen LogP contribution in [0.2, 0.25) is 0 Å². The zero-order chi connectivity index (χ0) is 100. The summed E-state index contributed by atoms with van der Waals surface area (Å²) in [5, 5.41) is 22.0. The molecule has 4 aliphatic heterocycles. The fraction of sp³-hybridized carbons (Fsp3) is 0.293. The van der Waals surface area contributed by atoms with Crippen molar-refractivity contribution in [2.24, 2.45) is 10.9 Å². The molecule has 1 atom stereocenters. The Morgan fingerprint density at radius 2 is 0.845 bits per heavy atom. The van der Waals surface area contributed by atoms with Crippen LogP contribution in [0, 0.1) is 19.8 Å². The second kappa shape index (κ2) is 49.3. The van der Waals surface area contributed by atoms with Gasteiger partial charge in [0.15, 0.2) is 0 Å². The van der Waals surface area contributed by atoms with Gasteiger partial charge in [0.05, 0.1) is 89.1 Å². The van der Waals surface area contributed by atoms with Gasteiger partial charge >= 0.3 is 11.9 Å². The molecular weight excluding hydrogens is 1790 g/mol. The number of benzene rings is 9. The Labute approximate surface area is 829 Å². The first kappa shape index (κ1) is 102. The van der Waals surface area contributed by atoms with E-state index in [1.165, 1.54) is 39.3 Å². The Kier molecular flexibility index (Phi) is 35.6. The number of methoxy groups -OCH3 is 2. The van der Waals surface area contributed by atoms with Gasteiger partial charge in [0.2, 0.25) is 5.88 Å². The number of carbonyl (C=O) groups is 8. The molecule has 0 bridgehead atoms. The Bertz CT molecular complexity index is 6700. The lowest BCUT2D eigenvalue weighted by molar-refractivity contribution is -0.149. The zero-order valence-electron chi connectivity index (χ0n) is 82.7. The molecular formula is C116H126N12O14. The van der Waals surface area contributed by atoms with Crippen LogP contribution >= 0.6 is 0 Å². The number of hydrazine groups is 3. The number of esters is 2. The van der Waals surface area contributed by atoms with E-state index in [2.05, 4.69) is 56.7 Å². The van der Waals surface area contributed by atoms with E-state index >= 15 is 0 Å². The smallest absolute Gasteiger partial charge is 0.338 e. The van der Waals surface area contributed by atoms with Gasteiger partial charge < -0.3 is 37.8 Å². The number of aryl methyl sites for hydroxylation is 2. The number of allylic oxidation sites excluding steroid dienone is 1. The Morgan fingerprint density at radius 3 is 1.31 bits per heavy atom. The van der Waals surface area contributed by atoms with Crippen LogP contribution < -0.4 is 5.56 Å². The minimum absolute atomic E-state index is 0.0406. The summed E-state index contributed by atoms with van der Waals surface area (Å²) in [5.74, 6) is -1.90. The molecule has 1 unspecified atom stereocenters. The highest BCUT2D eigenvalue weighted by molar-refractivity contribution is 6.39. The van der Waals surface area contributed by atoms with Crippen LogP contribution in [0.5, 0.6) is 5.88 Å². The van der Waals surface area contributed by atoms with Crippen molar-refractivity contribution in [1.29, 1.82) is 0 Å². The van der Waals surface area contributed by atoms with Crippen molar-refractivity contribution < 1.29 is 62.4 Å². The van der Waals surface area contributed by atoms with Crippen molar-refractivity contribution in [2.45, 2.75) is 166 Å². The second-order valence-electron chi connectivity index (χ2n) is 35.3. The zero-order valence-corrected chi connectivity index (χ0v) is 82.7. The Balaban J connectivity index is 0.000000151. The molecule has 26 nitrogen and oxygen atoms in total. The molecule has 0 saturated carbocycles.